The van der Waals surface area contributed by atoms with Crippen LogP contribution in [0.15, 0.2) is 30.3 Å². The summed E-state index contributed by atoms with van der Waals surface area (Å²) < 4.78 is 0. The van der Waals surface area contributed by atoms with Crippen LogP contribution in [0.3, 0.4) is 0 Å². The molecule has 0 amide bonds. The van der Waals surface area contributed by atoms with E-state index in [0.717, 1.165) is 12.6 Å². The van der Waals surface area contributed by atoms with Crippen LogP contribution >= 0.6 is 0 Å². The average molecular weight is 233 g/mol. The highest BCUT2D eigenvalue weighted by Gasteiger charge is 2.06. The van der Waals surface area contributed by atoms with Gasteiger partial charge in [0, 0.05) is 6.04 Å². The van der Waals surface area contributed by atoms with E-state index in [-0.39, 0.29) is 0 Å². The molecule has 1 rings (SSSR count). The highest BCUT2D eigenvalue weighted by molar-refractivity contribution is 5.14. The minimum absolute atomic E-state index is 0.726. The standard InChI is InChI=1S/C16H27N/c1-3-5-13-16(17-4-2)14-9-12-15-10-7-6-8-11-15/h6-8,10-11,16-17H,3-5,9,12-14H2,1-2H3. The first-order valence-corrected chi connectivity index (χ1v) is 7.14. The first-order chi connectivity index (χ1) is 8.36. The quantitative estimate of drug-likeness (QED) is 0.675. The van der Waals surface area contributed by atoms with E-state index in [1.54, 1.807) is 0 Å². The molecule has 0 saturated carbocycles. The Balaban J connectivity index is 2.22. The van der Waals surface area contributed by atoms with Crippen molar-refractivity contribution in [2.75, 3.05) is 6.54 Å². The van der Waals surface area contributed by atoms with E-state index in [4.69, 9.17) is 0 Å². The molecule has 0 saturated heterocycles. The molecule has 0 bridgehead atoms. The minimum Gasteiger partial charge on any atom is -0.314 e. The maximum atomic E-state index is 3.60. The van der Waals surface area contributed by atoms with Gasteiger partial charge in [0.1, 0.15) is 0 Å². The first-order valence-electron chi connectivity index (χ1n) is 7.14. The molecule has 1 nitrogen and oxygen atoms in total. The van der Waals surface area contributed by atoms with Gasteiger partial charge in [0.25, 0.3) is 0 Å². The Morgan fingerprint density at radius 1 is 1.00 bits per heavy atom. The van der Waals surface area contributed by atoms with Gasteiger partial charge in [-0.1, -0.05) is 57.0 Å². The molecule has 0 aliphatic heterocycles. The van der Waals surface area contributed by atoms with Gasteiger partial charge in [-0.3, -0.25) is 0 Å². The number of rotatable bonds is 9. The molecule has 17 heavy (non-hydrogen) atoms. The predicted molar refractivity (Wildman–Crippen MR) is 76.4 cm³/mol. The van der Waals surface area contributed by atoms with Crippen LogP contribution in [0.4, 0.5) is 0 Å². The Morgan fingerprint density at radius 2 is 1.71 bits per heavy atom. The summed E-state index contributed by atoms with van der Waals surface area (Å²) in [7, 11) is 0. The van der Waals surface area contributed by atoms with E-state index >= 15 is 0 Å². The van der Waals surface area contributed by atoms with E-state index in [2.05, 4.69) is 49.5 Å². The Morgan fingerprint density at radius 3 is 2.35 bits per heavy atom. The van der Waals surface area contributed by atoms with Crippen LogP contribution in [-0.4, -0.2) is 12.6 Å². The molecule has 0 radical (unpaired) electrons. The largest absolute Gasteiger partial charge is 0.314 e. The summed E-state index contributed by atoms with van der Waals surface area (Å²) in [5.74, 6) is 0. The van der Waals surface area contributed by atoms with Crippen LogP contribution in [0.2, 0.25) is 0 Å². The Kier molecular flexibility index (Phi) is 7.74. The van der Waals surface area contributed by atoms with Gasteiger partial charge in [0.2, 0.25) is 0 Å². The second-order valence-electron chi connectivity index (χ2n) is 4.77. The molecule has 0 aliphatic carbocycles. The maximum absolute atomic E-state index is 3.60. The Labute approximate surface area is 107 Å². The zero-order chi connectivity index (χ0) is 12.3. The van der Waals surface area contributed by atoms with E-state index in [1.807, 2.05) is 0 Å². The van der Waals surface area contributed by atoms with E-state index in [1.165, 1.54) is 44.1 Å². The molecule has 0 spiro atoms. The summed E-state index contributed by atoms with van der Waals surface area (Å²) in [6, 6.07) is 11.5. The van der Waals surface area contributed by atoms with Gasteiger partial charge in [-0.25, -0.2) is 0 Å². The zero-order valence-electron chi connectivity index (χ0n) is 11.4. The second kappa shape index (κ2) is 9.23. The maximum Gasteiger partial charge on any atom is 0.00670 e. The number of hydrogen-bond donors (Lipinski definition) is 1. The van der Waals surface area contributed by atoms with E-state index in [0.29, 0.717) is 0 Å². The normalized spacial score (nSPS) is 12.6. The van der Waals surface area contributed by atoms with Crippen molar-refractivity contribution in [1.29, 1.82) is 0 Å². The number of nitrogens with one attached hydrogen (secondary N) is 1. The van der Waals surface area contributed by atoms with E-state index < -0.39 is 0 Å². The third-order valence-corrected chi connectivity index (χ3v) is 3.26. The molecular weight excluding hydrogens is 206 g/mol. The molecule has 1 aromatic carbocycles. The fraction of sp³-hybridized carbons (Fsp3) is 0.625. The molecule has 0 aliphatic rings. The van der Waals surface area contributed by atoms with Gasteiger partial charge >= 0.3 is 0 Å². The molecule has 1 atom stereocenters. The summed E-state index contributed by atoms with van der Waals surface area (Å²) in [5, 5.41) is 3.60. The molecule has 0 heterocycles. The number of aryl methyl sites for hydroxylation is 1. The fourth-order valence-electron chi connectivity index (χ4n) is 2.28. The molecule has 1 heteroatoms. The van der Waals surface area contributed by atoms with Crippen LogP contribution in [0.25, 0.3) is 0 Å². The molecule has 1 N–H and O–H groups in total. The van der Waals surface area contributed by atoms with Crippen LogP contribution in [0.5, 0.6) is 0 Å². The topological polar surface area (TPSA) is 12.0 Å². The van der Waals surface area contributed by atoms with Crippen molar-refractivity contribution >= 4 is 0 Å². The number of hydrogen-bond acceptors (Lipinski definition) is 1. The SMILES string of the molecule is CCCCC(CCCc1ccccc1)NCC. The van der Waals surface area contributed by atoms with Crippen molar-refractivity contribution in [3.8, 4) is 0 Å². The zero-order valence-corrected chi connectivity index (χ0v) is 11.4. The van der Waals surface area contributed by atoms with Gasteiger partial charge in [-0.2, -0.15) is 0 Å². The first kappa shape index (κ1) is 14.2. The fourth-order valence-corrected chi connectivity index (χ4v) is 2.28. The van der Waals surface area contributed by atoms with Gasteiger partial charge in [-0.15, -0.1) is 0 Å². The summed E-state index contributed by atoms with van der Waals surface area (Å²) in [5.41, 5.74) is 1.47. The molecular formula is C16H27N. The lowest BCUT2D eigenvalue weighted by Crippen LogP contribution is -2.28. The third kappa shape index (κ3) is 6.48. The van der Waals surface area contributed by atoms with Gasteiger partial charge in [-0.05, 0) is 37.8 Å². The predicted octanol–water partition coefficient (Wildman–Crippen LogP) is 4.18. The Hall–Kier alpha value is -0.820. The van der Waals surface area contributed by atoms with Gasteiger partial charge in [0.05, 0.1) is 0 Å². The number of unbranched alkanes of at least 4 members (excludes halogenated alkanes) is 1. The molecule has 96 valence electrons. The smallest absolute Gasteiger partial charge is 0.00670 e. The minimum atomic E-state index is 0.726. The van der Waals surface area contributed by atoms with Gasteiger partial charge in [0.15, 0.2) is 0 Å². The Bertz CT molecular complexity index is 268. The lowest BCUT2D eigenvalue weighted by Gasteiger charge is -2.17. The van der Waals surface area contributed by atoms with Crippen molar-refractivity contribution < 1.29 is 0 Å². The van der Waals surface area contributed by atoms with Crippen molar-refractivity contribution in [3.05, 3.63) is 35.9 Å². The molecule has 0 aromatic heterocycles. The van der Waals surface area contributed by atoms with E-state index in [9.17, 15) is 0 Å². The highest BCUT2D eigenvalue weighted by atomic mass is 14.9. The monoisotopic (exact) mass is 233 g/mol. The summed E-state index contributed by atoms with van der Waals surface area (Å²) in [6.45, 7) is 5.57. The van der Waals surface area contributed by atoms with Crippen molar-refractivity contribution in [2.24, 2.45) is 0 Å². The lowest BCUT2D eigenvalue weighted by molar-refractivity contribution is 0.438. The van der Waals surface area contributed by atoms with Crippen molar-refractivity contribution in [2.45, 2.75) is 58.4 Å². The molecule has 1 aromatic rings. The lowest BCUT2D eigenvalue weighted by atomic mass is 10.0. The van der Waals surface area contributed by atoms with Crippen LogP contribution in [0.1, 0.15) is 51.5 Å². The third-order valence-electron chi connectivity index (χ3n) is 3.26. The van der Waals surface area contributed by atoms with Crippen molar-refractivity contribution in [1.82, 2.24) is 5.32 Å². The molecule has 1 unspecified atom stereocenters. The summed E-state index contributed by atoms with van der Waals surface area (Å²) in [6.07, 6.45) is 7.81. The van der Waals surface area contributed by atoms with Gasteiger partial charge < -0.3 is 5.32 Å². The number of benzene rings is 1. The summed E-state index contributed by atoms with van der Waals surface area (Å²) >= 11 is 0. The highest BCUT2D eigenvalue weighted by Crippen LogP contribution is 2.10. The van der Waals surface area contributed by atoms with Crippen LogP contribution in [0, 0.1) is 0 Å². The average Bonchev–Trinajstić information content (AvgIpc) is 2.37. The van der Waals surface area contributed by atoms with Crippen LogP contribution < -0.4 is 5.32 Å². The second-order valence-corrected chi connectivity index (χ2v) is 4.77. The van der Waals surface area contributed by atoms with Crippen LogP contribution in [-0.2, 0) is 6.42 Å². The van der Waals surface area contributed by atoms with Crippen molar-refractivity contribution in [3.63, 3.8) is 0 Å². The molecule has 0 fully saturated rings. The summed E-state index contributed by atoms with van der Waals surface area (Å²) in [4.78, 5) is 0.